The molecule has 0 fully saturated rings. The fraction of sp³-hybridized carbons (Fsp3) is 0.200. The predicted molar refractivity (Wildman–Crippen MR) is 109 cm³/mol. The van der Waals surface area contributed by atoms with Crippen LogP contribution in [0.15, 0.2) is 72.3 Å². The number of rotatable bonds is 4. The minimum absolute atomic E-state index is 0.0745. The molecule has 0 saturated heterocycles. The topological polar surface area (TPSA) is 9.23 Å². The second-order valence-corrected chi connectivity index (χ2v) is 7.26. The van der Waals surface area contributed by atoms with Crippen LogP contribution in [0.2, 0.25) is 0 Å². The minimum Gasteiger partial charge on any atom is -0.489 e. The summed E-state index contributed by atoms with van der Waals surface area (Å²) in [5.41, 5.74) is 7.38. The summed E-state index contributed by atoms with van der Waals surface area (Å²) in [4.78, 5) is 0. The lowest BCUT2D eigenvalue weighted by molar-refractivity contribution is 0.306. The van der Waals surface area contributed by atoms with Crippen LogP contribution in [-0.4, -0.2) is 0 Å². The summed E-state index contributed by atoms with van der Waals surface area (Å²) in [7, 11) is 0. The van der Waals surface area contributed by atoms with Gasteiger partial charge in [-0.1, -0.05) is 54.1 Å². The lowest BCUT2D eigenvalue weighted by atomic mass is 9.92. The van der Waals surface area contributed by atoms with E-state index in [-0.39, 0.29) is 5.83 Å². The Hall–Kier alpha value is -2.87. The van der Waals surface area contributed by atoms with Gasteiger partial charge >= 0.3 is 0 Å². The highest BCUT2D eigenvalue weighted by molar-refractivity contribution is 5.68. The van der Waals surface area contributed by atoms with E-state index in [1.807, 2.05) is 25.1 Å². The van der Waals surface area contributed by atoms with Crippen molar-refractivity contribution in [2.24, 2.45) is 0 Å². The lowest BCUT2D eigenvalue weighted by Crippen LogP contribution is -2.02. The van der Waals surface area contributed by atoms with Crippen LogP contribution in [0.25, 0.3) is 17.0 Å². The van der Waals surface area contributed by atoms with Gasteiger partial charge in [-0.15, -0.1) is 0 Å². The van der Waals surface area contributed by atoms with Gasteiger partial charge in [-0.25, -0.2) is 4.39 Å². The van der Waals surface area contributed by atoms with Gasteiger partial charge in [-0.3, -0.25) is 0 Å². The van der Waals surface area contributed by atoms with Gasteiger partial charge in [-0.05, 0) is 72.7 Å². The Balaban J connectivity index is 1.44. The Labute approximate surface area is 160 Å². The van der Waals surface area contributed by atoms with Crippen LogP contribution in [0.3, 0.4) is 0 Å². The number of allylic oxidation sites excluding steroid dienone is 1. The van der Waals surface area contributed by atoms with E-state index in [0.29, 0.717) is 12.2 Å². The van der Waals surface area contributed by atoms with Crippen molar-refractivity contribution in [1.29, 1.82) is 0 Å². The van der Waals surface area contributed by atoms with E-state index in [0.717, 1.165) is 35.3 Å². The molecule has 0 aliphatic heterocycles. The third-order valence-electron chi connectivity index (χ3n) is 5.20. The highest BCUT2D eigenvalue weighted by atomic mass is 19.1. The molecule has 136 valence electrons. The van der Waals surface area contributed by atoms with Crippen molar-refractivity contribution in [3.63, 3.8) is 0 Å². The third-order valence-corrected chi connectivity index (χ3v) is 5.20. The van der Waals surface area contributed by atoms with Crippen LogP contribution in [0.1, 0.15) is 35.6 Å². The normalized spacial score (nSPS) is 13.4. The van der Waals surface area contributed by atoms with Gasteiger partial charge in [-0.2, -0.15) is 0 Å². The molecule has 27 heavy (non-hydrogen) atoms. The molecular weight excluding hydrogens is 335 g/mol. The van der Waals surface area contributed by atoms with Crippen molar-refractivity contribution < 1.29 is 9.13 Å². The molecule has 4 rings (SSSR count). The molecule has 1 nitrogen and oxygen atoms in total. The first-order valence-electron chi connectivity index (χ1n) is 9.37. The summed E-state index contributed by atoms with van der Waals surface area (Å²) in [6.45, 7) is 4.46. The van der Waals surface area contributed by atoms with Crippen molar-refractivity contribution in [2.45, 2.75) is 33.3 Å². The molecule has 0 amide bonds. The molecule has 1 aliphatic carbocycles. The minimum atomic E-state index is -0.0745. The molecule has 0 atom stereocenters. The summed E-state index contributed by atoms with van der Waals surface area (Å²) in [6, 6.07) is 22.6. The van der Waals surface area contributed by atoms with Crippen molar-refractivity contribution in [3.8, 4) is 16.9 Å². The van der Waals surface area contributed by atoms with E-state index in [4.69, 9.17) is 4.74 Å². The molecule has 0 saturated carbocycles. The second kappa shape index (κ2) is 7.40. The number of aryl methyl sites for hydroxylation is 2. The van der Waals surface area contributed by atoms with Crippen LogP contribution in [0, 0.1) is 6.92 Å². The molecule has 0 radical (unpaired) electrons. The Kier molecular flexibility index (Phi) is 4.81. The van der Waals surface area contributed by atoms with Crippen molar-refractivity contribution in [2.75, 3.05) is 0 Å². The maximum absolute atomic E-state index is 14.2. The van der Waals surface area contributed by atoms with Crippen molar-refractivity contribution >= 4 is 5.83 Å². The molecular formula is C25H23FO. The smallest absolute Gasteiger partial charge is 0.129 e. The second-order valence-electron chi connectivity index (χ2n) is 7.26. The molecule has 0 aromatic heterocycles. The zero-order valence-electron chi connectivity index (χ0n) is 15.8. The first kappa shape index (κ1) is 17.5. The highest BCUT2D eigenvalue weighted by Gasteiger charge is 2.17. The molecule has 0 unspecified atom stereocenters. The van der Waals surface area contributed by atoms with Gasteiger partial charge in [0.15, 0.2) is 0 Å². The maximum atomic E-state index is 14.2. The van der Waals surface area contributed by atoms with E-state index in [9.17, 15) is 4.39 Å². The third kappa shape index (κ3) is 3.80. The average Bonchev–Trinajstić information content (AvgIpc) is 2.70. The van der Waals surface area contributed by atoms with E-state index >= 15 is 0 Å². The number of ether oxygens (including phenoxy) is 1. The van der Waals surface area contributed by atoms with Crippen LogP contribution in [-0.2, 0) is 13.0 Å². The SMILES string of the molecule is CC1=C(F)c2ccc(OCc3ccc(-c4ccc(C)cc4)cc3)cc2CC1. The number of halogens is 1. The molecule has 0 bridgehead atoms. The van der Waals surface area contributed by atoms with Crippen LogP contribution < -0.4 is 4.74 Å². The van der Waals surface area contributed by atoms with E-state index in [1.54, 1.807) is 0 Å². The predicted octanol–water partition coefficient (Wildman–Crippen LogP) is 6.89. The van der Waals surface area contributed by atoms with Gasteiger partial charge in [0.05, 0.1) is 0 Å². The molecule has 0 spiro atoms. The van der Waals surface area contributed by atoms with E-state index in [1.165, 1.54) is 16.7 Å². The molecule has 3 aromatic rings. The van der Waals surface area contributed by atoms with Gasteiger partial charge in [0.25, 0.3) is 0 Å². The first-order valence-corrected chi connectivity index (χ1v) is 9.37. The number of fused-ring (bicyclic) bond motifs is 1. The first-order chi connectivity index (χ1) is 13.1. The summed E-state index contributed by atoms with van der Waals surface area (Å²) in [5, 5.41) is 0. The Morgan fingerprint density at radius 3 is 2.19 bits per heavy atom. The lowest BCUT2D eigenvalue weighted by Gasteiger charge is -2.17. The molecule has 0 N–H and O–H groups in total. The maximum Gasteiger partial charge on any atom is 0.129 e. The molecule has 3 aromatic carbocycles. The van der Waals surface area contributed by atoms with Crippen LogP contribution >= 0.6 is 0 Å². The largest absolute Gasteiger partial charge is 0.489 e. The van der Waals surface area contributed by atoms with Crippen molar-refractivity contribution in [1.82, 2.24) is 0 Å². The fourth-order valence-electron chi connectivity index (χ4n) is 3.45. The monoisotopic (exact) mass is 358 g/mol. The Morgan fingerprint density at radius 1 is 0.815 bits per heavy atom. The van der Waals surface area contributed by atoms with E-state index < -0.39 is 0 Å². The number of hydrogen-bond acceptors (Lipinski definition) is 1. The zero-order chi connectivity index (χ0) is 18.8. The standard InChI is InChI=1S/C25H23FO/c1-17-3-8-20(9-4-17)21-11-6-19(7-12-21)16-27-23-13-14-24-22(15-23)10-5-18(2)25(24)26/h3-4,6-9,11-15H,5,10,16H2,1-2H3. The van der Waals surface area contributed by atoms with Gasteiger partial charge in [0.1, 0.15) is 18.2 Å². The molecule has 0 heterocycles. The summed E-state index contributed by atoms with van der Waals surface area (Å²) in [5.74, 6) is 0.721. The fourth-order valence-corrected chi connectivity index (χ4v) is 3.45. The summed E-state index contributed by atoms with van der Waals surface area (Å²) in [6.07, 6.45) is 1.65. The van der Waals surface area contributed by atoms with Crippen molar-refractivity contribution in [3.05, 3.63) is 94.6 Å². The van der Waals surface area contributed by atoms with Gasteiger partial charge in [0, 0.05) is 5.56 Å². The Bertz CT molecular complexity index is 982. The number of benzene rings is 3. The Morgan fingerprint density at radius 2 is 1.48 bits per heavy atom. The quantitative estimate of drug-likeness (QED) is 0.493. The molecule has 2 heteroatoms. The zero-order valence-corrected chi connectivity index (χ0v) is 15.8. The summed E-state index contributed by atoms with van der Waals surface area (Å²) < 4.78 is 20.1. The van der Waals surface area contributed by atoms with Crippen LogP contribution in [0.4, 0.5) is 4.39 Å². The summed E-state index contributed by atoms with van der Waals surface area (Å²) >= 11 is 0. The molecule has 1 aliphatic rings. The van der Waals surface area contributed by atoms with Gasteiger partial charge in [0.2, 0.25) is 0 Å². The number of hydrogen-bond donors (Lipinski definition) is 0. The van der Waals surface area contributed by atoms with E-state index in [2.05, 4.69) is 55.5 Å². The van der Waals surface area contributed by atoms with Crippen LogP contribution in [0.5, 0.6) is 5.75 Å². The highest BCUT2D eigenvalue weighted by Crippen LogP contribution is 2.34. The average molecular weight is 358 g/mol. The van der Waals surface area contributed by atoms with Gasteiger partial charge < -0.3 is 4.74 Å².